The number of rotatable bonds is 17. The first-order valence-corrected chi connectivity index (χ1v) is 26.9. The van der Waals surface area contributed by atoms with E-state index in [1.165, 1.54) is 12.1 Å². The van der Waals surface area contributed by atoms with Crippen molar-refractivity contribution in [3.05, 3.63) is 119 Å². The summed E-state index contributed by atoms with van der Waals surface area (Å²) in [7, 11) is -17.9. The second-order valence-electron chi connectivity index (χ2n) is 16.2. The monoisotopic (exact) mass is 1060 g/mol. The molecule has 0 aliphatic carbocycles. The maximum Gasteiger partial charge on any atom is 0.297 e. The molecule has 7 aromatic carbocycles. The van der Waals surface area contributed by atoms with Gasteiger partial charge in [0.2, 0.25) is 0 Å². The summed E-state index contributed by atoms with van der Waals surface area (Å²) in [6, 6.07) is 23.7. The van der Waals surface area contributed by atoms with Gasteiger partial charge in [-0.05, 0) is 153 Å². The first kappa shape index (κ1) is 52.5. The van der Waals surface area contributed by atoms with E-state index in [1.807, 2.05) is 0 Å². The summed E-state index contributed by atoms with van der Waals surface area (Å²) >= 11 is 0. The van der Waals surface area contributed by atoms with E-state index in [4.69, 9.17) is 14.0 Å². The van der Waals surface area contributed by atoms with Gasteiger partial charge in [0.25, 0.3) is 40.5 Å². The molecule has 0 heterocycles. The lowest BCUT2D eigenvalue weighted by Crippen LogP contribution is -2.09. The van der Waals surface area contributed by atoms with Crippen molar-refractivity contribution in [1.82, 2.24) is 0 Å². The normalized spacial score (nSPS) is 12.7. The van der Waals surface area contributed by atoms with Gasteiger partial charge in [0.1, 0.15) is 32.7 Å². The molecule has 0 saturated carbocycles. The van der Waals surface area contributed by atoms with Crippen LogP contribution in [-0.4, -0.2) is 76.5 Å². The third kappa shape index (κ3) is 12.2. The topological polar surface area (TPSA) is 342 Å². The van der Waals surface area contributed by atoms with Crippen LogP contribution >= 0.6 is 0 Å². The van der Waals surface area contributed by atoms with Gasteiger partial charge in [0.15, 0.2) is 5.75 Å². The molecule has 0 bridgehead atoms. The zero-order valence-corrected chi connectivity index (χ0v) is 41.8. The lowest BCUT2D eigenvalue weighted by atomic mass is 10.1. The first-order chi connectivity index (χ1) is 33.7. The highest BCUT2D eigenvalue weighted by atomic mass is 32.2. The van der Waals surface area contributed by atoms with Crippen molar-refractivity contribution in [2.45, 2.75) is 48.8 Å². The zero-order chi connectivity index (χ0) is 52.5. The number of nitrogens with one attached hydrogen (secondary N) is 1. The predicted octanol–water partition coefficient (Wildman–Crippen LogP) is 11.3. The summed E-state index contributed by atoms with van der Waals surface area (Å²) in [6.07, 6.45) is -0.241. The SMILES string of the molecule is COc1ccc(Nc2ccc3c(O)c(N=Nc4cc(C)c(N=Nc5cc(C)c(N=Nc6ccc7c(OCCCS(=O)(=O)O)cc(S(=O)(=O)O)cc7c6S(=O)(=O)O)cc5C)cc4C)c(S(=O)(=O)O)cc3c2)cc1. The van der Waals surface area contributed by atoms with Gasteiger partial charge in [0.05, 0.1) is 47.1 Å². The van der Waals surface area contributed by atoms with Crippen LogP contribution in [0.4, 0.5) is 45.5 Å². The van der Waals surface area contributed by atoms with Gasteiger partial charge in [-0.1, -0.05) is 0 Å². The molecule has 7 rings (SSSR count). The Hall–Kier alpha value is -7.30. The average Bonchev–Trinajstić information content (AvgIpc) is 3.29. The number of hydrogen-bond donors (Lipinski definition) is 6. The van der Waals surface area contributed by atoms with Crippen molar-refractivity contribution in [2.24, 2.45) is 30.7 Å². The summed E-state index contributed by atoms with van der Waals surface area (Å²) in [5, 5.41) is 40.0. The quantitative estimate of drug-likeness (QED) is 0.0280. The number of phenolic OH excluding ortho intramolecular Hbond substituents is 1. The number of anilines is 2. The molecule has 22 nitrogen and oxygen atoms in total. The Morgan fingerprint density at radius 2 is 1.04 bits per heavy atom. The molecule has 0 amide bonds. The number of aryl methyl sites for hydroxylation is 4. The van der Waals surface area contributed by atoms with E-state index in [2.05, 4.69) is 36.0 Å². The number of hydrogen-bond acceptors (Lipinski definition) is 18. The van der Waals surface area contributed by atoms with E-state index in [1.54, 1.807) is 102 Å². The molecule has 0 radical (unpaired) electrons. The van der Waals surface area contributed by atoms with Crippen LogP contribution in [0.1, 0.15) is 28.7 Å². The summed E-state index contributed by atoms with van der Waals surface area (Å²) in [6.45, 7) is 6.41. The molecule has 0 atom stereocenters. The lowest BCUT2D eigenvalue weighted by Gasteiger charge is -2.14. The number of ether oxygens (including phenoxy) is 2. The van der Waals surface area contributed by atoms with Gasteiger partial charge in [-0.15, -0.1) is 10.2 Å². The van der Waals surface area contributed by atoms with E-state index in [0.717, 1.165) is 18.2 Å². The minimum absolute atomic E-state index is 0.0580. The standard InChI is InChI=1S/C46H43N7O15S4/c1-25-18-39(26(2)17-38(25)49-48-37-14-13-35-36(46(37)72(64,65)66)23-33(70(58,59)60)24-42(35)68-15-6-16-69(55,56)57)50-51-40-19-28(4)41(20-27(40)3)52-53-44-43(71(61,62)63)22-29-21-31(9-12-34(29)45(44)54)47-30-7-10-32(67-5)11-8-30/h7-14,17-24,47,54H,6,15-16H2,1-5H3,(H,55,56,57)(H,58,59,60)(H,61,62,63)(H,64,65,66). The van der Waals surface area contributed by atoms with Crippen molar-refractivity contribution >= 4 is 108 Å². The largest absolute Gasteiger partial charge is 0.505 e. The number of aromatic hydroxyl groups is 1. The van der Waals surface area contributed by atoms with Crippen LogP contribution in [-0.2, 0) is 40.5 Å². The number of benzene rings is 7. The van der Waals surface area contributed by atoms with Crippen LogP contribution in [0.15, 0.2) is 142 Å². The minimum atomic E-state index is -5.18. The average molecular weight is 1060 g/mol. The van der Waals surface area contributed by atoms with Crippen molar-refractivity contribution in [2.75, 3.05) is 24.8 Å². The van der Waals surface area contributed by atoms with E-state index in [9.17, 15) is 52.4 Å². The molecule has 0 aromatic heterocycles. The maximum absolute atomic E-state index is 12.8. The molecule has 26 heteroatoms. The highest BCUT2D eigenvalue weighted by Crippen LogP contribution is 2.44. The fourth-order valence-corrected chi connectivity index (χ4v) is 9.75. The van der Waals surface area contributed by atoms with E-state index in [-0.39, 0.29) is 40.9 Å². The van der Waals surface area contributed by atoms with Crippen molar-refractivity contribution in [3.63, 3.8) is 0 Å². The van der Waals surface area contributed by atoms with Gasteiger partial charge in [-0.3, -0.25) is 18.2 Å². The van der Waals surface area contributed by atoms with Crippen LogP contribution in [0.2, 0.25) is 0 Å². The van der Waals surface area contributed by atoms with Crippen LogP contribution < -0.4 is 14.8 Å². The van der Waals surface area contributed by atoms with Crippen molar-refractivity contribution in [1.29, 1.82) is 0 Å². The van der Waals surface area contributed by atoms with Crippen LogP contribution in [0.5, 0.6) is 17.2 Å². The Morgan fingerprint density at radius 3 is 1.54 bits per heavy atom. The van der Waals surface area contributed by atoms with Crippen molar-refractivity contribution < 1.29 is 66.5 Å². The number of methoxy groups -OCH3 is 1. The molecule has 376 valence electrons. The third-order valence-corrected chi connectivity index (χ3v) is 14.3. The van der Waals surface area contributed by atoms with Crippen LogP contribution in [0.3, 0.4) is 0 Å². The third-order valence-electron chi connectivity index (χ3n) is 10.9. The molecule has 0 aliphatic rings. The second kappa shape index (κ2) is 20.4. The zero-order valence-electron chi connectivity index (χ0n) is 38.5. The van der Waals surface area contributed by atoms with Gasteiger partial charge < -0.3 is 19.9 Å². The predicted molar refractivity (Wildman–Crippen MR) is 266 cm³/mol. The summed E-state index contributed by atoms with van der Waals surface area (Å²) < 4.78 is 148. The van der Waals surface area contributed by atoms with Gasteiger partial charge in [-0.25, -0.2) is 0 Å². The highest BCUT2D eigenvalue weighted by Gasteiger charge is 2.26. The maximum atomic E-state index is 12.8. The number of fused-ring (bicyclic) bond motifs is 2. The van der Waals surface area contributed by atoms with Gasteiger partial charge in [-0.2, -0.15) is 54.1 Å². The van der Waals surface area contributed by atoms with Gasteiger partial charge in [0, 0.05) is 33.6 Å². The molecule has 7 aromatic rings. The van der Waals surface area contributed by atoms with E-state index in [0.29, 0.717) is 56.1 Å². The molecule has 0 fully saturated rings. The fraction of sp³-hybridized carbons (Fsp3) is 0.174. The molecular weight excluding hydrogens is 1020 g/mol. The Morgan fingerprint density at radius 1 is 0.528 bits per heavy atom. The lowest BCUT2D eigenvalue weighted by molar-refractivity contribution is 0.319. The van der Waals surface area contributed by atoms with Crippen LogP contribution in [0, 0.1) is 27.7 Å². The van der Waals surface area contributed by atoms with Crippen LogP contribution in [0.25, 0.3) is 21.5 Å². The number of azo groups is 3. The molecule has 0 aliphatic heterocycles. The Bertz CT molecular complexity index is 3890. The molecular formula is C46H43N7O15S4. The number of phenols is 1. The molecule has 6 N–H and O–H groups in total. The number of nitrogens with zero attached hydrogens (tertiary/aromatic N) is 6. The van der Waals surface area contributed by atoms with E-state index < -0.39 is 83.4 Å². The second-order valence-corrected chi connectivity index (χ2v) is 21.9. The summed E-state index contributed by atoms with van der Waals surface area (Å²) in [5.74, 6) is -0.857. The van der Waals surface area contributed by atoms with Crippen molar-refractivity contribution in [3.8, 4) is 17.2 Å². The van der Waals surface area contributed by atoms with E-state index >= 15 is 0 Å². The Kier molecular flexibility index (Phi) is 14.9. The Labute approximate surface area is 412 Å². The Balaban J connectivity index is 1.14. The molecule has 0 spiro atoms. The minimum Gasteiger partial charge on any atom is -0.505 e. The molecule has 0 saturated heterocycles. The first-order valence-electron chi connectivity index (χ1n) is 21.0. The molecule has 72 heavy (non-hydrogen) atoms. The molecule has 0 unspecified atom stereocenters. The van der Waals surface area contributed by atoms with Gasteiger partial charge >= 0.3 is 0 Å². The fourth-order valence-electron chi connectivity index (χ4n) is 7.26. The summed E-state index contributed by atoms with van der Waals surface area (Å²) in [4.78, 5) is -2.36. The highest BCUT2D eigenvalue weighted by molar-refractivity contribution is 7.86. The summed E-state index contributed by atoms with van der Waals surface area (Å²) in [5.41, 5.74) is 3.92. The smallest absolute Gasteiger partial charge is 0.297 e.